The topological polar surface area (TPSA) is 46.3 Å². The van der Waals surface area contributed by atoms with E-state index in [1.165, 1.54) is 0 Å². The van der Waals surface area contributed by atoms with E-state index in [0.717, 1.165) is 25.8 Å². The Labute approximate surface area is 96.2 Å². The van der Waals surface area contributed by atoms with Crippen LogP contribution in [0.5, 0.6) is 0 Å². The fourth-order valence-electron chi connectivity index (χ4n) is 2.37. The molecule has 0 radical (unpaired) electrons. The molecule has 1 aromatic carbocycles. The predicted octanol–water partition coefficient (Wildman–Crippen LogP) is 2.28. The van der Waals surface area contributed by atoms with Gasteiger partial charge in [-0.1, -0.05) is 13.0 Å². The minimum atomic E-state index is 0.122. The smallest absolute Gasteiger partial charge is 0.254 e. The van der Waals surface area contributed by atoms with Crippen molar-refractivity contribution in [2.24, 2.45) is 0 Å². The molecule has 0 bridgehead atoms. The lowest BCUT2D eigenvalue weighted by Gasteiger charge is -2.23. The van der Waals surface area contributed by atoms with Gasteiger partial charge < -0.3 is 10.6 Å². The molecule has 0 aliphatic carbocycles. The van der Waals surface area contributed by atoms with E-state index in [9.17, 15) is 4.79 Å². The number of hydrogen-bond donors (Lipinski definition) is 1. The van der Waals surface area contributed by atoms with Gasteiger partial charge in [0.05, 0.1) is 0 Å². The average molecular weight is 218 g/mol. The molecule has 3 nitrogen and oxygen atoms in total. The van der Waals surface area contributed by atoms with Crippen molar-refractivity contribution >= 4 is 11.6 Å². The van der Waals surface area contributed by atoms with Crippen LogP contribution < -0.4 is 5.73 Å². The fourth-order valence-corrected chi connectivity index (χ4v) is 2.37. The highest BCUT2D eigenvalue weighted by molar-refractivity contribution is 5.95. The number of benzene rings is 1. The van der Waals surface area contributed by atoms with Gasteiger partial charge in [-0.05, 0) is 37.5 Å². The molecule has 1 atom stereocenters. The SMILES string of the molecule is CC[C@@H]1CCCN1C(=O)c1cccc(N)c1. The van der Waals surface area contributed by atoms with Gasteiger partial charge >= 0.3 is 0 Å². The zero-order chi connectivity index (χ0) is 11.5. The molecule has 0 saturated carbocycles. The van der Waals surface area contributed by atoms with Crippen LogP contribution in [0.3, 0.4) is 0 Å². The molecule has 1 aliphatic heterocycles. The van der Waals surface area contributed by atoms with Crippen LogP contribution in [0, 0.1) is 0 Å². The minimum Gasteiger partial charge on any atom is -0.399 e. The van der Waals surface area contributed by atoms with E-state index in [-0.39, 0.29) is 5.91 Å². The van der Waals surface area contributed by atoms with Crippen LogP contribution in [-0.4, -0.2) is 23.4 Å². The van der Waals surface area contributed by atoms with Crippen molar-refractivity contribution in [2.45, 2.75) is 32.2 Å². The van der Waals surface area contributed by atoms with E-state index < -0.39 is 0 Å². The highest BCUT2D eigenvalue weighted by Gasteiger charge is 2.27. The number of nitrogens with two attached hydrogens (primary N) is 1. The van der Waals surface area contributed by atoms with E-state index in [2.05, 4.69) is 6.92 Å². The first-order valence-electron chi connectivity index (χ1n) is 5.89. The highest BCUT2D eigenvalue weighted by Crippen LogP contribution is 2.22. The molecule has 1 aromatic rings. The van der Waals surface area contributed by atoms with Gasteiger partial charge in [0.15, 0.2) is 0 Å². The molecule has 0 unspecified atom stereocenters. The third kappa shape index (κ3) is 2.03. The Hall–Kier alpha value is -1.51. The van der Waals surface area contributed by atoms with Crippen LogP contribution in [0.1, 0.15) is 36.5 Å². The van der Waals surface area contributed by atoms with E-state index in [1.807, 2.05) is 17.0 Å². The van der Waals surface area contributed by atoms with Crippen LogP contribution >= 0.6 is 0 Å². The third-order valence-corrected chi connectivity index (χ3v) is 3.24. The summed E-state index contributed by atoms with van der Waals surface area (Å²) in [6.45, 7) is 3.02. The summed E-state index contributed by atoms with van der Waals surface area (Å²) in [5.41, 5.74) is 7.05. The molecule has 1 saturated heterocycles. The molecular weight excluding hydrogens is 200 g/mol. The third-order valence-electron chi connectivity index (χ3n) is 3.24. The summed E-state index contributed by atoms with van der Waals surface area (Å²) in [4.78, 5) is 14.2. The van der Waals surface area contributed by atoms with Crippen LogP contribution in [0.15, 0.2) is 24.3 Å². The molecule has 1 fully saturated rings. The second kappa shape index (κ2) is 4.56. The zero-order valence-corrected chi connectivity index (χ0v) is 9.65. The largest absolute Gasteiger partial charge is 0.399 e. The minimum absolute atomic E-state index is 0.122. The number of amides is 1. The maximum atomic E-state index is 12.2. The number of hydrogen-bond acceptors (Lipinski definition) is 2. The van der Waals surface area contributed by atoms with Gasteiger partial charge in [-0.3, -0.25) is 4.79 Å². The van der Waals surface area contributed by atoms with Crippen molar-refractivity contribution in [3.63, 3.8) is 0 Å². The summed E-state index contributed by atoms with van der Waals surface area (Å²) in [6.07, 6.45) is 3.28. The summed E-state index contributed by atoms with van der Waals surface area (Å²) >= 11 is 0. The van der Waals surface area contributed by atoms with Gasteiger partial charge in [-0.2, -0.15) is 0 Å². The molecular formula is C13H18N2O. The Kier molecular flexibility index (Phi) is 3.13. The maximum Gasteiger partial charge on any atom is 0.254 e. The lowest BCUT2D eigenvalue weighted by molar-refractivity contribution is 0.0734. The molecule has 86 valence electrons. The standard InChI is InChI=1S/C13H18N2O/c1-2-12-7-4-8-15(12)13(16)10-5-3-6-11(14)9-10/h3,5-6,9,12H,2,4,7-8,14H2,1H3/t12-/m1/s1. The predicted molar refractivity (Wildman–Crippen MR) is 65.2 cm³/mol. The summed E-state index contributed by atoms with van der Waals surface area (Å²) in [7, 11) is 0. The summed E-state index contributed by atoms with van der Waals surface area (Å²) in [6, 6.07) is 7.64. The quantitative estimate of drug-likeness (QED) is 0.774. The normalized spacial score (nSPS) is 20.1. The Morgan fingerprint density at radius 1 is 1.56 bits per heavy atom. The van der Waals surface area contributed by atoms with E-state index in [1.54, 1.807) is 12.1 Å². The number of carbonyl (C=O) groups excluding carboxylic acids is 1. The number of nitrogens with zero attached hydrogens (tertiary/aromatic N) is 1. The van der Waals surface area contributed by atoms with Crippen molar-refractivity contribution < 1.29 is 4.79 Å². The summed E-state index contributed by atoms with van der Waals surface area (Å²) in [5, 5.41) is 0. The lowest BCUT2D eigenvalue weighted by Crippen LogP contribution is -2.35. The van der Waals surface area contributed by atoms with Crippen LogP contribution in [-0.2, 0) is 0 Å². The molecule has 1 aliphatic rings. The zero-order valence-electron chi connectivity index (χ0n) is 9.65. The van der Waals surface area contributed by atoms with Crippen LogP contribution in [0.2, 0.25) is 0 Å². The van der Waals surface area contributed by atoms with E-state index in [0.29, 0.717) is 17.3 Å². The first-order valence-corrected chi connectivity index (χ1v) is 5.89. The average Bonchev–Trinajstić information content (AvgIpc) is 2.76. The Bertz CT molecular complexity index is 389. The number of carbonyl (C=O) groups is 1. The van der Waals surface area contributed by atoms with Crippen molar-refractivity contribution in [1.29, 1.82) is 0 Å². The van der Waals surface area contributed by atoms with Crippen LogP contribution in [0.25, 0.3) is 0 Å². The molecule has 3 heteroatoms. The first kappa shape index (κ1) is 11.0. The maximum absolute atomic E-state index is 12.2. The summed E-state index contributed by atoms with van der Waals surface area (Å²) < 4.78 is 0. The fraction of sp³-hybridized carbons (Fsp3) is 0.462. The van der Waals surface area contributed by atoms with Gasteiger partial charge in [0.25, 0.3) is 5.91 Å². The molecule has 1 heterocycles. The molecule has 2 rings (SSSR count). The lowest BCUT2D eigenvalue weighted by atomic mass is 10.1. The molecule has 0 spiro atoms. The van der Waals surface area contributed by atoms with Crippen molar-refractivity contribution in [3.05, 3.63) is 29.8 Å². The van der Waals surface area contributed by atoms with Gasteiger partial charge in [-0.25, -0.2) is 0 Å². The molecule has 0 aromatic heterocycles. The van der Waals surface area contributed by atoms with Gasteiger partial charge in [0, 0.05) is 23.8 Å². The molecule has 1 amide bonds. The first-order chi connectivity index (χ1) is 7.72. The van der Waals surface area contributed by atoms with E-state index in [4.69, 9.17) is 5.73 Å². The summed E-state index contributed by atoms with van der Waals surface area (Å²) in [5.74, 6) is 0.122. The Balaban J connectivity index is 2.18. The number of likely N-dealkylation sites (tertiary alicyclic amines) is 1. The second-order valence-electron chi connectivity index (χ2n) is 4.33. The van der Waals surface area contributed by atoms with Crippen molar-refractivity contribution in [1.82, 2.24) is 4.90 Å². The monoisotopic (exact) mass is 218 g/mol. The Morgan fingerprint density at radius 2 is 2.38 bits per heavy atom. The number of rotatable bonds is 2. The highest BCUT2D eigenvalue weighted by atomic mass is 16.2. The van der Waals surface area contributed by atoms with Crippen molar-refractivity contribution in [3.8, 4) is 0 Å². The van der Waals surface area contributed by atoms with Gasteiger partial charge in [0.1, 0.15) is 0 Å². The molecule has 16 heavy (non-hydrogen) atoms. The van der Waals surface area contributed by atoms with E-state index >= 15 is 0 Å². The Morgan fingerprint density at radius 3 is 3.06 bits per heavy atom. The van der Waals surface area contributed by atoms with Crippen molar-refractivity contribution in [2.75, 3.05) is 12.3 Å². The second-order valence-corrected chi connectivity index (χ2v) is 4.33. The van der Waals surface area contributed by atoms with Crippen LogP contribution in [0.4, 0.5) is 5.69 Å². The number of nitrogen functional groups attached to an aromatic ring is 1. The van der Waals surface area contributed by atoms with Gasteiger partial charge in [-0.15, -0.1) is 0 Å². The van der Waals surface area contributed by atoms with Gasteiger partial charge in [0.2, 0.25) is 0 Å². The molecule has 2 N–H and O–H groups in total. The number of anilines is 1.